The molecule has 1 saturated carbocycles. The van der Waals surface area contributed by atoms with Gasteiger partial charge in [-0.05, 0) is 33.6 Å². The average molecular weight is 389 g/mol. The molecule has 1 fully saturated rings. The summed E-state index contributed by atoms with van der Waals surface area (Å²) in [6.07, 6.45) is -0.254. The molecule has 0 amide bonds. The highest BCUT2D eigenvalue weighted by atomic mass is 19.4. The van der Waals surface area contributed by atoms with Crippen molar-refractivity contribution < 1.29 is 13.2 Å². The monoisotopic (exact) mass is 389 g/mol. The third-order valence-corrected chi connectivity index (χ3v) is 4.82. The summed E-state index contributed by atoms with van der Waals surface area (Å²) in [5, 5.41) is 16.7. The highest BCUT2D eigenvalue weighted by Gasteiger charge is 2.38. The molecule has 2 N–H and O–H groups in total. The van der Waals surface area contributed by atoms with Crippen LogP contribution in [0.2, 0.25) is 0 Å². The van der Waals surface area contributed by atoms with Crippen LogP contribution in [0.3, 0.4) is 0 Å². The Balaban J connectivity index is 1.76. The molecule has 1 aliphatic rings. The van der Waals surface area contributed by atoms with Gasteiger partial charge in [-0.2, -0.15) is 28.5 Å². The summed E-state index contributed by atoms with van der Waals surface area (Å²) in [4.78, 5) is 11.2. The minimum Gasteiger partial charge on any atom is -0.345 e. The number of nitrogens with one attached hydrogen (secondary N) is 2. The van der Waals surface area contributed by atoms with E-state index in [0.29, 0.717) is 17.1 Å². The van der Waals surface area contributed by atoms with Gasteiger partial charge in [0.05, 0.1) is 40.3 Å². The smallest absolute Gasteiger partial charge is 0.345 e. The van der Waals surface area contributed by atoms with E-state index in [1.165, 1.54) is 4.68 Å². The predicted molar refractivity (Wildman–Crippen MR) is 96.0 cm³/mol. The van der Waals surface area contributed by atoms with Crippen molar-refractivity contribution in [2.45, 2.75) is 51.2 Å². The summed E-state index contributed by atoms with van der Waals surface area (Å²) in [6, 6.07) is 2.17. The van der Waals surface area contributed by atoms with Crippen LogP contribution in [0.5, 0.6) is 0 Å². The quantitative estimate of drug-likeness (QED) is 0.691. The van der Waals surface area contributed by atoms with E-state index in [0.717, 1.165) is 19.0 Å². The van der Waals surface area contributed by atoms with Crippen molar-refractivity contribution in [2.75, 3.05) is 5.32 Å². The van der Waals surface area contributed by atoms with Crippen molar-refractivity contribution in [3.05, 3.63) is 29.3 Å². The maximum Gasteiger partial charge on any atom is 0.418 e. The van der Waals surface area contributed by atoms with Crippen LogP contribution in [0.1, 0.15) is 49.6 Å². The molecule has 3 aromatic heterocycles. The zero-order chi connectivity index (χ0) is 20.3. The summed E-state index contributed by atoms with van der Waals surface area (Å²) in [6.45, 7) is 5.23. The molecule has 3 heterocycles. The number of nitriles is 1. The van der Waals surface area contributed by atoms with Crippen LogP contribution in [0.15, 0.2) is 12.4 Å². The molecular weight excluding hydrogens is 371 g/mol. The number of halogens is 3. The number of aryl methyl sites for hydroxylation is 1. The summed E-state index contributed by atoms with van der Waals surface area (Å²) < 4.78 is 41.5. The summed E-state index contributed by atoms with van der Waals surface area (Å²) in [5.74, 6) is 0.201. The van der Waals surface area contributed by atoms with Crippen LogP contribution in [-0.2, 0) is 11.7 Å². The van der Waals surface area contributed by atoms with Crippen molar-refractivity contribution >= 4 is 22.7 Å². The summed E-state index contributed by atoms with van der Waals surface area (Å²) in [5.41, 5.74) is 0.193. The fourth-order valence-electron chi connectivity index (χ4n) is 3.03. The minimum atomic E-state index is -4.47. The van der Waals surface area contributed by atoms with E-state index in [4.69, 9.17) is 0 Å². The van der Waals surface area contributed by atoms with Crippen molar-refractivity contribution in [3.8, 4) is 6.07 Å². The molecule has 3 aromatic rings. The van der Waals surface area contributed by atoms with Crippen LogP contribution >= 0.6 is 0 Å². The first-order chi connectivity index (χ1) is 13.1. The van der Waals surface area contributed by atoms with Gasteiger partial charge in [-0.1, -0.05) is 0 Å². The van der Waals surface area contributed by atoms with Crippen molar-refractivity contribution in [1.82, 2.24) is 24.7 Å². The first kappa shape index (κ1) is 18.3. The Bertz CT molecular complexity index is 1100. The molecule has 146 valence electrons. The van der Waals surface area contributed by atoms with Gasteiger partial charge in [-0.25, -0.2) is 4.98 Å². The number of hydrogen-bond acceptors (Lipinski definition) is 5. The third kappa shape index (κ3) is 3.06. The van der Waals surface area contributed by atoms with Crippen molar-refractivity contribution in [1.29, 1.82) is 5.26 Å². The molecule has 28 heavy (non-hydrogen) atoms. The molecule has 7 nitrogen and oxygen atoms in total. The van der Waals surface area contributed by atoms with Crippen molar-refractivity contribution in [3.63, 3.8) is 0 Å². The second kappa shape index (κ2) is 5.95. The highest BCUT2D eigenvalue weighted by molar-refractivity contribution is 5.85. The van der Waals surface area contributed by atoms with Gasteiger partial charge in [-0.15, -0.1) is 0 Å². The van der Waals surface area contributed by atoms with Crippen molar-refractivity contribution in [2.24, 2.45) is 0 Å². The van der Waals surface area contributed by atoms with Crippen LogP contribution < -0.4 is 5.32 Å². The number of hydrogen-bond donors (Lipinski definition) is 2. The van der Waals surface area contributed by atoms with Crippen LogP contribution in [0.25, 0.3) is 11.0 Å². The molecule has 10 heteroatoms. The number of alkyl halides is 3. The normalized spacial score (nSPS) is 15.0. The third-order valence-electron chi connectivity index (χ3n) is 4.82. The zero-order valence-corrected chi connectivity index (χ0v) is 15.5. The zero-order valence-electron chi connectivity index (χ0n) is 15.5. The van der Waals surface area contributed by atoms with Gasteiger partial charge in [0.15, 0.2) is 0 Å². The van der Waals surface area contributed by atoms with Gasteiger partial charge in [-0.3, -0.25) is 4.68 Å². The molecule has 0 atom stereocenters. The molecule has 0 spiro atoms. The van der Waals surface area contributed by atoms with Crippen LogP contribution in [0, 0.1) is 18.3 Å². The maximum absolute atomic E-state index is 13.3. The number of H-pyrrole nitrogens is 1. The Morgan fingerprint density at radius 1 is 1.29 bits per heavy atom. The van der Waals surface area contributed by atoms with Gasteiger partial charge in [0.1, 0.15) is 11.2 Å². The molecule has 0 unspecified atom stereocenters. The molecule has 0 aliphatic heterocycles. The second-order valence-electron chi connectivity index (χ2n) is 7.50. The molecular formula is C18H18F3N7. The highest BCUT2D eigenvalue weighted by Crippen LogP contribution is 2.45. The summed E-state index contributed by atoms with van der Waals surface area (Å²) >= 11 is 0. The number of aromatic nitrogens is 5. The van der Waals surface area contributed by atoms with E-state index in [2.05, 4.69) is 31.4 Å². The maximum atomic E-state index is 13.3. The first-order valence-corrected chi connectivity index (χ1v) is 8.81. The largest absolute Gasteiger partial charge is 0.418 e. The lowest BCUT2D eigenvalue weighted by atomic mass is 10.1. The number of anilines is 2. The molecule has 4 rings (SSSR count). The van der Waals surface area contributed by atoms with Gasteiger partial charge in [0, 0.05) is 12.1 Å². The Morgan fingerprint density at radius 3 is 2.61 bits per heavy atom. The lowest BCUT2D eigenvalue weighted by molar-refractivity contribution is -0.136. The molecule has 0 radical (unpaired) electrons. The van der Waals surface area contributed by atoms with E-state index < -0.39 is 17.3 Å². The van der Waals surface area contributed by atoms with E-state index in [1.807, 2.05) is 0 Å². The van der Waals surface area contributed by atoms with E-state index >= 15 is 0 Å². The molecule has 0 saturated heterocycles. The molecule has 0 bridgehead atoms. The number of aromatic amines is 1. The lowest BCUT2D eigenvalue weighted by Gasteiger charge is -2.15. The average Bonchev–Trinajstić information content (AvgIpc) is 3.26. The number of rotatable bonds is 4. The van der Waals surface area contributed by atoms with Gasteiger partial charge < -0.3 is 10.3 Å². The van der Waals surface area contributed by atoms with E-state index in [-0.39, 0.29) is 22.9 Å². The Labute approximate surface area is 158 Å². The van der Waals surface area contributed by atoms with E-state index in [1.54, 1.807) is 27.0 Å². The second-order valence-corrected chi connectivity index (χ2v) is 7.50. The summed E-state index contributed by atoms with van der Waals surface area (Å²) in [7, 11) is 0. The SMILES string of the molecule is Cc1nn(C(C)(C)C#N)cc1Nc1nc(C2CC2)c2c(C(F)(F)F)c[nH]c2n1. The first-order valence-electron chi connectivity index (χ1n) is 8.81. The molecule has 0 aromatic carbocycles. The Kier molecular flexibility index (Phi) is 3.89. The Hall–Kier alpha value is -3.09. The van der Waals surface area contributed by atoms with Gasteiger partial charge in [0.2, 0.25) is 5.95 Å². The fraction of sp³-hybridized carbons (Fsp3) is 0.444. The number of fused-ring (bicyclic) bond motifs is 1. The van der Waals surface area contributed by atoms with Gasteiger partial charge >= 0.3 is 6.18 Å². The topological polar surface area (TPSA) is 95.2 Å². The number of nitrogens with zero attached hydrogens (tertiary/aromatic N) is 5. The predicted octanol–water partition coefficient (Wildman–Crippen LogP) is 4.36. The minimum absolute atomic E-state index is 0.00397. The lowest BCUT2D eigenvalue weighted by Crippen LogP contribution is -2.24. The van der Waals surface area contributed by atoms with Crippen LogP contribution in [-0.4, -0.2) is 24.7 Å². The molecule has 1 aliphatic carbocycles. The fourth-order valence-corrected chi connectivity index (χ4v) is 3.03. The Morgan fingerprint density at radius 2 is 2.00 bits per heavy atom. The van der Waals surface area contributed by atoms with E-state index in [9.17, 15) is 18.4 Å². The van der Waals surface area contributed by atoms with Crippen LogP contribution in [0.4, 0.5) is 24.8 Å². The van der Waals surface area contributed by atoms with Gasteiger partial charge in [0.25, 0.3) is 0 Å². The standard InChI is InChI=1S/C18H18F3N7/c1-9-12(7-28(27-9)17(2,3)8-22)24-16-25-14(10-4-5-10)13-11(18(19,20)21)6-23-15(13)26-16/h6-7,10H,4-5H2,1-3H3,(H2,23,24,25,26).